The molecule has 0 aromatic carbocycles. The molecule has 1 aliphatic heterocycles. The highest BCUT2D eigenvalue weighted by Crippen LogP contribution is 2.19. The summed E-state index contributed by atoms with van der Waals surface area (Å²) in [6.07, 6.45) is 1.97. The average molecular weight is 309 g/mol. The van der Waals surface area contributed by atoms with E-state index in [0.717, 1.165) is 39.0 Å². The minimum atomic E-state index is -0.402. The molecule has 124 valence electrons. The first-order chi connectivity index (χ1) is 10.6. The van der Waals surface area contributed by atoms with Crippen molar-refractivity contribution in [3.05, 3.63) is 27.7 Å². The molecule has 0 amide bonds. The minimum Gasteiger partial charge on any atom is -0.503 e. The summed E-state index contributed by atoms with van der Waals surface area (Å²) in [6, 6.07) is 1.35. The van der Waals surface area contributed by atoms with Gasteiger partial charge in [-0.3, -0.25) is 9.69 Å². The standard InChI is InChI=1S/C16H27N3O3/c1-3-4-5-19-13(12-20)10-15(21)16(22)14(19)11-18-8-6-17(2)7-9-18/h10,20,22H,3-9,11-12H2,1-2H3. The van der Waals surface area contributed by atoms with E-state index in [1.54, 1.807) is 0 Å². The second-order valence-corrected chi connectivity index (χ2v) is 6.04. The van der Waals surface area contributed by atoms with Crippen LogP contribution < -0.4 is 5.43 Å². The summed E-state index contributed by atoms with van der Waals surface area (Å²) in [7, 11) is 2.10. The van der Waals surface area contributed by atoms with E-state index in [2.05, 4.69) is 23.8 Å². The van der Waals surface area contributed by atoms with Crippen LogP contribution >= 0.6 is 0 Å². The predicted molar refractivity (Wildman–Crippen MR) is 86.0 cm³/mol. The van der Waals surface area contributed by atoms with E-state index in [1.165, 1.54) is 6.07 Å². The molecule has 2 heterocycles. The zero-order valence-electron chi connectivity index (χ0n) is 13.6. The number of piperazine rings is 1. The number of rotatable bonds is 6. The zero-order chi connectivity index (χ0) is 16.1. The average Bonchev–Trinajstić information content (AvgIpc) is 2.52. The van der Waals surface area contributed by atoms with Crippen molar-refractivity contribution >= 4 is 0 Å². The molecule has 0 radical (unpaired) electrons. The van der Waals surface area contributed by atoms with Gasteiger partial charge in [-0.2, -0.15) is 0 Å². The molecule has 0 saturated carbocycles. The van der Waals surface area contributed by atoms with Crippen LogP contribution in [0.25, 0.3) is 0 Å². The van der Waals surface area contributed by atoms with Gasteiger partial charge in [0.1, 0.15) is 0 Å². The van der Waals surface area contributed by atoms with Gasteiger partial charge in [0, 0.05) is 51.0 Å². The van der Waals surface area contributed by atoms with Gasteiger partial charge in [-0.1, -0.05) is 13.3 Å². The van der Waals surface area contributed by atoms with Crippen LogP contribution in [0.5, 0.6) is 5.75 Å². The molecule has 0 spiro atoms. The fraction of sp³-hybridized carbons (Fsp3) is 0.688. The molecule has 1 aliphatic rings. The van der Waals surface area contributed by atoms with Crippen LogP contribution in [0, 0.1) is 0 Å². The normalized spacial score (nSPS) is 17.0. The lowest BCUT2D eigenvalue weighted by Crippen LogP contribution is -2.44. The Kier molecular flexibility index (Phi) is 5.99. The van der Waals surface area contributed by atoms with Gasteiger partial charge in [0.15, 0.2) is 5.75 Å². The Balaban J connectivity index is 2.30. The van der Waals surface area contributed by atoms with Gasteiger partial charge in [0.05, 0.1) is 12.3 Å². The molecule has 0 unspecified atom stereocenters. The van der Waals surface area contributed by atoms with Crippen LogP contribution in [0.3, 0.4) is 0 Å². The smallest absolute Gasteiger partial charge is 0.223 e. The first-order valence-corrected chi connectivity index (χ1v) is 8.03. The molecule has 1 saturated heterocycles. The van der Waals surface area contributed by atoms with Gasteiger partial charge in [-0.05, 0) is 13.5 Å². The third-order valence-electron chi connectivity index (χ3n) is 4.34. The first-order valence-electron chi connectivity index (χ1n) is 8.03. The number of aliphatic hydroxyl groups excluding tert-OH is 1. The Morgan fingerprint density at radius 2 is 1.91 bits per heavy atom. The fourth-order valence-corrected chi connectivity index (χ4v) is 2.84. The number of hydrogen-bond acceptors (Lipinski definition) is 5. The van der Waals surface area contributed by atoms with Crippen molar-refractivity contribution in [3.63, 3.8) is 0 Å². The Bertz CT molecular complexity index is 548. The van der Waals surface area contributed by atoms with Crippen LogP contribution in [-0.4, -0.2) is 57.8 Å². The van der Waals surface area contributed by atoms with Gasteiger partial charge >= 0.3 is 0 Å². The van der Waals surface area contributed by atoms with E-state index in [4.69, 9.17) is 0 Å². The van der Waals surface area contributed by atoms with Gasteiger partial charge in [-0.15, -0.1) is 0 Å². The zero-order valence-corrected chi connectivity index (χ0v) is 13.6. The van der Waals surface area contributed by atoms with Crippen LogP contribution in [-0.2, 0) is 19.7 Å². The Morgan fingerprint density at radius 3 is 2.50 bits per heavy atom. The molecule has 1 aromatic heterocycles. The van der Waals surface area contributed by atoms with Gasteiger partial charge in [0.25, 0.3) is 0 Å². The van der Waals surface area contributed by atoms with Crippen molar-refractivity contribution in [1.29, 1.82) is 0 Å². The SMILES string of the molecule is CCCCn1c(CO)cc(=O)c(O)c1CN1CCN(C)CC1. The summed E-state index contributed by atoms with van der Waals surface area (Å²) in [5.41, 5.74) is 0.816. The minimum absolute atomic E-state index is 0.174. The van der Waals surface area contributed by atoms with Gasteiger partial charge in [-0.25, -0.2) is 0 Å². The Hall–Kier alpha value is -1.37. The fourth-order valence-electron chi connectivity index (χ4n) is 2.84. The third kappa shape index (κ3) is 3.88. The second-order valence-electron chi connectivity index (χ2n) is 6.04. The van der Waals surface area contributed by atoms with Crippen LogP contribution in [0.4, 0.5) is 0 Å². The molecule has 6 heteroatoms. The highest BCUT2D eigenvalue weighted by Gasteiger charge is 2.20. The number of pyridine rings is 1. The highest BCUT2D eigenvalue weighted by atomic mass is 16.3. The number of unbranched alkanes of at least 4 members (excludes halogenated alkanes) is 1. The highest BCUT2D eigenvalue weighted by molar-refractivity contribution is 5.30. The van der Waals surface area contributed by atoms with E-state index < -0.39 is 5.43 Å². The maximum atomic E-state index is 11.9. The molecule has 0 atom stereocenters. The van der Waals surface area contributed by atoms with Crippen molar-refractivity contribution < 1.29 is 10.2 Å². The van der Waals surface area contributed by atoms with E-state index in [-0.39, 0.29) is 12.4 Å². The number of aromatic nitrogens is 1. The van der Waals surface area contributed by atoms with Crippen molar-refractivity contribution in [2.45, 2.75) is 39.5 Å². The molecule has 6 nitrogen and oxygen atoms in total. The largest absolute Gasteiger partial charge is 0.503 e. The lowest BCUT2D eigenvalue weighted by atomic mass is 10.2. The van der Waals surface area contributed by atoms with Crippen LogP contribution in [0.1, 0.15) is 31.2 Å². The summed E-state index contributed by atoms with van der Waals surface area (Å²) in [4.78, 5) is 16.5. The monoisotopic (exact) mass is 309 g/mol. The van der Waals surface area contributed by atoms with Crippen molar-refractivity contribution in [3.8, 4) is 5.75 Å². The molecular formula is C16H27N3O3. The summed E-state index contributed by atoms with van der Waals surface area (Å²) < 4.78 is 1.92. The summed E-state index contributed by atoms with van der Waals surface area (Å²) in [6.45, 7) is 6.98. The first kappa shape index (κ1) is 17.0. The van der Waals surface area contributed by atoms with E-state index in [0.29, 0.717) is 24.5 Å². The molecule has 0 bridgehead atoms. The van der Waals surface area contributed by atoms with Crippen LogP contribution in [0.2, 0.25) is 0 Å². The molecular weight excluding hydrogens is 282 g/mol. The summed E-state index contributed by atoms with van der Waals surface area (Å²) >= 11 is 0. The molecule has 1 aromatic rings. The maximum absolute atomic E-state index is 11.9. The molecule has 2 rings (SSSR count). The van der Waals surface area contributed by atoms with E-state index >= 15 is 0 Å². The number of hydrogen-bond donors (Lipinski definition) is 2. The van der Waals surface area contributed by atoms with Gasteiger partial charge in [0.2, 0.25) is 5.43 Å². The van der Waals surface area contributed by atoms with Gasteiger partial charge < -0.3 is 19.7 Å². The molecule has 2 N–H and O–H groups in total. The maximum Gasteiger partial charge on any atom is 0.223 e. The number of nitrogens with zero attached hydrogens (tertiary/aromatic N) is 3. The Labute approximate surface area is 131 Å². The predicted octanol–water partition coefficient (Wildman–Crippen LogP) is 0.594. The lowest BCUT2D eigenvalue weighted by Gasteiger charge is -2.33. The Morgan fingerprint density at radius 1 is 1.23 bits per heavy atom. The van der Waals surface area contributed by atoms with E-state index in [1.807, 2.05) is 4.57 Å². The number of aliphatic hydroxyl groups is 1. The van der Waals surface area contributed by atoms with Crippen molar-refractivity contribution in [2.75, 3.05) is 33.2 Å². The molecule has 22 heavy (non-hydrogen) atoms. The molecule has 1 fully saturated rings. The molecule has 0 aliphatic carbocycles. The number of aromatic hydroxyl groups is 1. The third-order valence-corrected chi connectivity index (χ3v) is 4.34. The summed E-state index contributed by atoms with van der Waals surface area (Å²) in [5.74, 6) is -0.174. The number of likely N-dealkylation sites (N-methyl/N-ethyl adjacent to an activating group) is 1. The lowest BCUT2D eigenvalue weighted by molar-refractivity contribution is 0.143. The van der Waals surface area contributed by atoms with Crippen LogP contribution in [0.15, 0.2) is 10.9 Å². The topological polar surface area (TPSA) is 68.9 Å². The second kappa shape index (κ2) is 7.76. The summed E-state index contributed by atoms with van der Waals surface area (Å²) in [5, 5.41) is 19.8. The van der Waals surface area contributed by atoms with Crippen molar-refractivity contribution in [2.24, 2.45) is 0 Å². The van der Waals surface area contributed by atoms with Crippen molar-refractivity contribution in [1.82, 2.24) is 14.4 Å². The van der Waals surface area contributed by atoms with E-state index in [9.17, 15) is 15.0 Å². The quantitative estimate of drug-likeness (QED) is 0.805.